The Balaban J connectivity index is 1.43. The average Bonchev–Trinajstić information content (AvgIpc) is 2.82. The third kappa shape index (κ3) is 7.18. The fourth-order valence-corrected chi connectivity index (χ4v) is 3.60. The Bertz CT molecular complexity index is 873. The predicted octanol–water partition coefficient (Wildman–Crippen LogP) is 5.58. The van der Waals surface area contributed by atoms with E-state index in [2.05, 4.69) is 53.8 Å². The second kappa shape index (κ2) is 12.4. The zero-order valence-corrected chi connectivity index (χ0v) is 18.1. The highest BCUT2D eigenvalue weighted by Gasteiger charge is 2.14. The summed E-state index contributed by atoms with van der Waals surface area (Å²) in [6.45, 7) is 3.66. The summed E-state index contributed by atoms with van der Waals surface area (Å²) in [5.74, 6) is 1.78. The molecule has 4 nitrogen and oxygen atoms in total. The number of benzene rings is 3. The summed E-state index contributed by atoms with van der Waals surface area (Å²) < 4.78 is 11.4. The third-order valence-corrected chi connectivity index (χ3v) is 5.11. The van der Waals surface area contributed by atoms with Crippen molar-refractivity contribution in [3.05, 3.63) is 96.1 Å². The molecule has 0 aliphatic rings. The van der Waals surface area contributed by atoms with Gasteiger partial charge in [0, 0.05) is 18.9 Å². The molecule has 1 N–H and O–H groups in total. The summed E-state index contributed by atoms with van der Waals surface area (Å²) in [4.78, 5) is 12.3. The minimum atomic E-state index is 0.0570. The van der Waals surface area contributed by atoms with Crippen LogP contribution in [-0.2, 0) is 4.79 Å². The van der Waals surface area contributed by atoms with E-state index in [1.807, 2.05) is 43.3 Å². The molecule has 0 radical (unpaired) electrons. The van der Waals surface area contributed by atoms with E-state index < -0.39 is 0 Å². The minimum Gasteiger partial charge on any atom is -0.490 e. The van der Waals surface area contributed by atoms with Gasteiger partial charge in [0.05, 0.1) is 13.2 Å². The lowest BCUT2D eigenvalue weighted by molar-refractivity contribution is -0.121. The molecule has 0 aromatic heterocycles. The van der Waals surface area contributed by atoms with Crippen LogP contribution in [0.25, 0.3) is 0 Å². The van der Waals surface area contributed by atoms with Crippen molar-refractivity contribution >= 4 is 5.91 Å². The summed E-state index contributed by atoms with van der Waals surface area (Å²) in [5.41, 5.74) is 2.54. The van der Waals surface area contributed by atoms with Gasteiger partial charge in [0.1, 0.15) is 0 Å². The first-order chi connectivity index (χ1) is 15.3. The quantitative estimate of drug-likeness (QED) is 0.391. The van der Waals surface area contributed by atoms with Crippen LogP contribution in [0.4, 0.5) is 0 Å². The lowest BCUT2D eigenvalue weighted by Crippen LogP contribution is -2.26. The number of hydrogen-bond donors (Lipinski definition) is 1. The molecule has 0 fully saturated rings. The van der Waals surface area contributed by atoms with E-state index in [1.165, 1.54) is 11.1 Å². The largest absolute Gasteiger partial charge is 0.490 e. The van der Waals surface area contributed by atoms with Gasteiger partial charge in [-0.15, -0.1) is 0 Å². The summed E-state index contributed by atoms with van der Waals surface area (Å²) in [7, 11) is 0. The molecule has 162 valence electrons. The van der Waals surface area contributed by atoms with Crippen molar-refractivity contribution in [3.8, 4) is 11.5 Å². The first-order valence-electron chi connectivity index (χ1n) is 11.0. The molecule has 1 amide bonds. The highest BCUT2D eigenvalue weighted by molar-refractivity contribution is 5.75. The molecule has 0 heterocycles. The van der Waals surface area contributed by atoms with Gasteiger partial charge in [-0.3, -0.25) is 4.79 Å². The van der Waals surface area contributed by atoms with Gasteiger partial charge in [-0.2, -0.15) is 0 Å². The van der Waals surface area contributed by atoms with Crippen molar-refractivity contribution in [1.29, 1.82) is 0 Å². The maximum atomic E-state index is 12.3. The second-order valence-corrected chi connectivity index (χ2v) is 7.34. The van der Waals surface area contributed by atoms with E-state index in [4.69, 9.17) is 9.47 Å². The summed E-state index contributed by atoms with van der Waals surface area (Å²) >= 11 is 0. The number of carbonyl (C=O) groups is 1. The highest BCUT2D eigenvalue weighted by atomic mass is 16.5. The maximum absolute atomic E-state index is 12.3. The third-order valence-electron chi connectivity index (χ3n) is 5.11. The molecule has 0 spiro atoms. The first-order valence-corrected chi connectivity index (χ1v) is 11.0. The van der Waals surface area contributed by atoms with E-state index in [1.54, 1.807) is 0 Å². The summed E-state index contributed by atoms with van der Waals surface area (Å²) in [6.07, 6.45) is 1.96. The molecule has 3 aromatic carbocycles. The molecule has 0 aliphatic heterocycles. The van der Waals surface area contributed by atoms with E-state index in [-0.39, 0.29) is 11.8 Å². The van der Waals surface area contributed by atoms with Gasteiger partial charge in [-0.05, 0) is 43.0 Å². The number of ether oxygens (including phenoxy) is 2. The zero-order chi connectivity index (χ0) is 21.7. The molecule has 0 bridgehead atoms. The average molecular weight is 418 g/mol. The van der Waals surface area contributed by atoms with Crippen molar-refractivity contribution in [2.24, 2.45) is 0 Å². The highest BCUT2D eigenvalue weighted by Crippen LogP contribution is 2.28. The van der Waals surface area contributed by atoms with Crippen LogP contribution in [0.3, 0.4) is 0 Å². The van der Waals surface area contributed by atoms with E-state index in [0.717, 1.165) is 17.9 Å². The molecule has 4 heteroatoms. The number of nitrogens with one attached hydrogen (secondary N) is 1. The number of rotatable bonds is 12. The molecule has 3 aromatic rings. The Morgan fingerprint density at radius 2 is 1.35 bits per heavy atom. The molecule has 31 heavy (non-hydrogen) atoms. The topological polar surface area (TPSA) is 47.6 Å². The van der Waals surface area contributed by atoms with Crippen LogP contribution in [0.15, 0.2) is 84.9 Å². The van der Waals surface area contributed by atoms with E-state index in [0.29, 0.717) is 32.6 Å². The molecule has 0 atom stereocenters. The van der Waals surface area contributed by atoms with Crippen molar-refractivity contribution in [2.75, 3.05) is 19.8 Å². The van der Waals surface area contributed by atoms with E-state index >= 15 is 0 Å². The van der Waals surface area contributed by atoms with Gasteiger partial charge >= 0.3 is 0 Å². The second-order valence-electron chi connectivity index (χ2n) is 7.34. The van der Waals surface area contributed by atoms with Crippen LogP contribution in [0.2, 0.25) is 0 Å². The Morgan fingerprint density at radius 3 is 1.94 bits per heavy atom. The van der Waals surface area contributed by atoms with Crippen molar-refractivity contribution in [1.82, 2.24) is 5.32 Å². The first kappa shape index (κ1) is 22.4. The molecule has 0 saturated carbocycles. The van der Waals surface area contributed by atoms with Crippen molar-refractivity contribution < 1.29 is 14.3 Å². The van der Waals surface area contributed by atoms with Crippen LogP contribution in [0.1, 0.15) is 43.2 Å². The number of carbonyl (C=O) groups excluding carboxylic acids is 1. The Hall–Kier alpha value is -3.27. The van der Waals surface area contributed by atoms with Gasteiger partial charge < -0.3 is 14.8 Å². The van der Waals surface area contributed by atoms with Gasteiger partial charge in [-0.1, -0.05) is 72.8 Å². The molecule has 3 rings (SSSR count). The number of para-hydroxylation sites is 2. The zero-order valence-electron chi connectivity index (χ0n) is 18.1. The Morgan fingerprint density at radius 1 is 0.806 bits per heavy atom. The van der Waals surface area contributed by atoms with Crippen molar-refractivity contribution in [3.63, 3.8) is 0 Å². The monoisotopic (exact) mass is 417 g/mol. The molecule has 0 aliphatic carbocycles. The van der Waals surface area contributed by atoms with Gasteiger partial charge in [-0.25, -0.2) is 0 Å². The smallest absolute Gasteiger partial charge is 0.220 e. The predicted molar refractivity (Wildman–Crippen MR) is 125 cm³/mol. The van der Waals surface area contributed by atoms with Crippen LogP contribution < -0.4 is 14.8 Å². The lowest BCUT2D eigenvalue weighted by Gasteiger charge is -2.18. The molecule has 0 unspecified atom stereocenters. The Labute approximate surface area is 185 Å². The number of hydrogen-bond acceptors (Lipinski definition) is 3. The van der Waals surface area contributed by atoms with Crippen LogP contribution in [0.5, 0.6) is 11.5 Å². The fourth-order valence-electron chi connectivity index (χ4n) is 3.60. The van der Waals surface area contributed by atoms with Crippen LogP contribution >= 0.6 is 0 Å². The van der Waals surface area contributed by atoms with Gasteiger partial charge in [0.25, 0.3) is 0 Å². The van der Waals surface area contributed by atoms with Gasteiger partial charge in [0.15, 0.2) is 11.5 Å². The van der Waals surface area contributed by atoms with E-state index in [9.17, 15) is 4.79 Å². The van der Waals surface area contributed by atoms with Crippen LogP contribution in [-0.4, -0.2) is 25.7 Å². The lowest BCUT2D eigenvalue weighted by atomic mass is 9.88. The van der Waals surface area contributed by atoms with Crippen molar-refractivity contribution in [2.45, 2.75) is 32.1 Å². The van der Waals surface area contributed by atoms with Gasteiger partial charge in [0.2, 0.25) is 5.91 Å². The fraction of sp³-hybridized carbons (Fsp3) is 0.296. The standard InChI is InChI=1S/C27H31NO3/c1-2-30-25-16-9-10-17-26(25)31-21-11-18-27(29)28-20-19-24(22-12-5-3-6-13-22)23-14-7-4-8-15-23/h3-10,12-17,24H,2,11,18-21H2,1H3,(H,28,29). The summed E-state index contributed by atoms with van der Waals surface area (Å²) in [6, 6.07) is 28.5. The minimum absolute atomic E-state index is 0.0570. The summed E-state index contributed by atoms with van der Waals surface area (Å²) in [5, 5.41) is 3.06. The SMILES string of the molecule is CCOc1ccccc1OCCCC(=O)NCCC(c1ccccc1)c1ccccc1. The van der Waals surface area contributed by atoms with Crippen LogP contribution in [0, 0.1) is 0 Å². The molecular formula is C27H31NO3. The number of amides is 1. The normalized spacial score (nSPS) is 10.6. The molecular weight excluding hydrogens is 386 g/mol. The maximum Gasteiger partial charge on any atom is 0.220 e. The Kier molecular flexibility index (Phi) is 8.99. The molecule has 0 saturated heterocycles.